The molecule has 0 heterocycles. The van der Waals surface area contributed by atoms with E-state index in [-0.39, 0.29) is 0 Å². The summed E-state index contributed by atoms with van der Waals surface area (Å²) in [7, 11) is -3.32. The molecule has 0 saturated heterocycles. The Morgan fingerprint density at radius 1 is 0.808 bits per heavy atom. The molecular weight excluding hydrogens is 389 g/mol. The first-order chi connectivity index (χ1) is 12.6. The fourth-order valence-electron chi connectivity index (χ4n) is 4.46. The highest BCUT2D eigenvalue weighted by atomic mass is 32.1. The molecule has 0 spiro atoms. The Kier molecular flexibility index (Phi) is 10.6. The summed E-state index contributed by atoms with van der Waals surface area (Å²) in [6.07, 6.45) is 2.94. The Morgan fingerprint density at radius 3 is 1.58 bits per heavy atom. The summed E-state index contributed by atoms with van der Waals surface area (Å²) in [6.45, 7) is 9.44. The summed E-state index contributed by atoms with van der Waals surface area (Å²) >= 11 is 9.85. The molecule has 0 atom stereocenters. The Hall–Kier alpha value is -0.746. The number of thiocarbonyl (C=S) groups is 2. The molecule has 0 aliphatic heterocycles. The summed E-state index contributed by atoms with van der Waals surface area (Å²) in [4.78, 5) is 8.99. The Balaban J connectivity index is 3.51. The van der Waals surface area contributed by atoms with Crippen LogP contribution in [0, 0.1) is 0 Å². The van der Waals surface area contributed by atoms with Crippen LogP contribution in [0.1, 0.15) is 33.3 Å². The van der Waals surface area contributed by atoms with E-state index in [0.29, 0.717) is 5.16 Å². The van der Waals surface area contributed by atoms with E-state index in [2.05, 4.69) is 78.3 Å². The fourth-order valence-corrected chi connectivity index (χ4v) is 19.4. The smallest absolute Gasteiger partial charge is 0.0798 e. The first-order valence-electron chi connectivity index (χ1n) is 9.69. The topological polar surface area (TPSA) is 24.7 Å². The number of nitrogens with zero attached hydrogens (tertiary/aromatic N) is 2. The van der Waals surface area contributed by atoms with E-state index in [9.17, 15) is 0 Å². The third-order valence-corrected chi connectivity index (χ3v) is 21.0. The van der Waals surface area contributed by atoms with Crippen molar-refractivity contribution in [3.63, 3.8) is 0 Å². The van der Waals surface area contributed by atoms with Gasteiger partial charge in [0.2, 0.25) is 0 Å². The number of aliphatic imine (C=N–C) groups is 2. The summed E-state index contributed by atoms with van der Waals surface area (Å²) < 4.78 is 0. The summed E-state index contributed by atoms with van der Waals surface area (Å²) in [5.41, 5.74) is 1.44. The molecule has 0 radical (unpaired) electrons. The third kappa shape index (κ3) is 5.62. The minimum absolute atomic E-state index is 0.710. The molecule has 1 aromatic carbocycles. The van der Waals surface area contributed by atoms with Crippen molar-refractivity contribution >= 4 is 50.9 Å². The van der Waals surface area contributed by atoms with Crippen LogP contribution in [0.15, 0.2) is 40.3 Å². The first kappa shape index (κ1) is 23.3. The van der Waals surface area contributed by atoms with Crippen LogP contribution in [0.25, 0.3) is 0 Å². The van der Waals surface area contributed by atoms with Gasteiger partial charge in [-0.25, -0.2) is 9.98 Å². The predicted octanol–water partition coefficient (Wildman–Crippen LogP) is 6.40. The van der Waals surface area contributed by atoms with Gasteiger partial charge in [0.1, 0.15) is 0 Å². The highest BCUT2D eigenvalue weighted by Gasteiger charge is 2.50. The molecule has 0 aliphatic rings. The minimum Gasteiger partial charge on any atom is -0.236 e. The van der Waals surface area contributed by atoms with Crippen LogP contribution in [0.4, 0.5) is 0 Å². The number of hydrogen-bond donors (Lipinski definition) is 0. The van der Waals surface area contributed by atoms with E-state index >= 15 is 0 Å². The quantitative estimate of drug-likeness (QED) is 0.222. The van der Waals surface area contributed by atoms with Gasteiger partial charge in [-0.05, 0) is 41.6 Å². The van der Waals surface area contributed by atoms with Gasteiger partial charge in [-0.1, -0.05) is 82.2 Å². The Labute approximate surface area is 172 Å². The maximum absolute atomic E-state index is 4.93. The molecule has 0 saturated carbocycles. The van der Waals surface area contributed by atoms with Gasteiger partial charge in [0.25, 0.3) is 0 Å². The van der Waals surface area contributed by atoms with Crippen molar-refractivity contribution < 1.29 is 0 Å². The average Bonchev–Trinajstić information content (AvgIpc) is 2.70. The molecule has 0 fully saturated rings. The molecule has 0 bridgehead atoms. The SMILES string of the molecule is CC[Si](CC)(CN=C=S)C(Cc1ccccc1)[Si](CC)(CC)CN=C=S. The van der Waals surface area contributed by atoms with Crippen molar-refractivity contribution in [3.05, 3.63) is 35.9 Å². The van der Waals surface area contributed by atoms with Crippen LogP contribution in [-0.2, 0) is 6.42 Å². The van der Waals surface area contributed by atoms with Crippen molar-refractivity contribution in [2.24, 2.45) is 9.98 Å². The van der Waals surface area contributed by atoms with Crippen LogP contribution in [0.2, 0.25) is 29.3 Å². The molecule has 0 aliphatic carbocycles. The van der Waals surface area contributed by atoms with Gasteiger partial charge in [0.05, 0.1) is 26.5 Å². The fraction of sp³-hybridized carbons (Fsp3) is 0.600. The lowest BCUT2D eigenvalue weighted by Gasteiger charge is -2.47. The lowest BCUT2D eigenvalue weighted by Crippen LogP contribution is -2.58. The van der Waals surface area contributed by atoms with Gasteiger partial charge in [0.15, 0.2) is 0 Å². The molecule has 0 unspecified atom stereocenters. The zero-order valence-electron chi connectivity index (χ0n) is 16.6. The molecule has 1 rings (SSSR count). The van der Waals surface area contributed by atoms with Gasteiger partial charge >= 0.3 is 0 Å². The van der Waals surface area contributed by atoms with Crippen LogP contribution >= 0.6 is 24.4 Å². The zero-order chi connectivity index (χ0) is 19.5. The number of isothiocyanates is 2. The second-order valence-electron chi connectivity index (χ2n) is 7.20. The molecule has 0 N–H and O–H groups in total. The molecule has 142 valence electrons. The molecule has 0 amide bonds. The normalized spacial score (nSPS) is 12.8. The highest BCUT2D eigenvalue weighted by Crippen LogP contribution is 2.43. The minimum atomic E-state index is -1.66. The molecule has 1 aromatic rings. The second-order valence-corrected chi connectivity index (χ2v) is 18.4. The molecule has 6 heteroatoms. The van der Waals surface area contributed by atoms with E-state index in [1.807, 2.05) is 0 Å². The number of benzene rings is 1. The standard InChI is InChI=1S/C20H32N2S2Si2/c1-5-25(6-2,17-21-15-23)20(14-19-12-10-9-11-13-19)26(7-3,8-4)18-22-16-24/h9-13,20H,5-8,14,17-18H2,1-4H3. The highest BCUT2D eigenvalue weighted by molar-refractivity contribution is 7.78. The van der Waals surface area contributed by atoms with Crippen molar-refractivity contribution in [2.75, 3.05) is 12.3 Å². The van der Waals surface area contributed by atoms with Crippen LogP contribution in [0.5, 0.6) is 0 Å². The van der Waals surface area contributed by atoms with Crippen molar-refractivity contribution in [2.45, 2.75) is 63.5 Å². The molecular formula is C20H32N2S2Si2. The van der Waals surface area contributed by atoms with Crippen molar-refractivity contribution in [1.82, 2.24) is 0 Å². The first-order valence-corrected chi connectivity index (χ1v) is 15.9. The monoisotopic (exact) mass is 420 g/mol. The molecule has 26 heavy (non-hydrogen) atoms. The summed E-state index contributed by atoms with van der Waals surface area (Å²) in [5, 5.41) is 6.00. The van der Waals surface area contributed by atoms with Gasteiger partial charge in [-0.3, -0.25) is 0 Å². The largest absolute Gasteiger partial charge is 0.236 e. The lowest BCUT2D eigenvalue weighted by molar-refractivity contribution is 0.897. The summed E-state index contributed by atoms with van der Waals surface area (Å²) in [5.74, 6) is 0. The van der Waals surface area contributed by atoms with Crippen LogP contribution < -0.4 is 0 Å². The number of hydrogen-bond acceptors (Lipinski definition) is 4. The van der Waals surface area contributed by atoms with E-state index in [4.69, 9.17) is 24.4 Å². The maximum atomic E-state index is 4.93. The Morgan fingerprint density at radius 2 is 1.23 bits per heavy atom. The molecule has 0 aromatic heterocycles. The van der Waals surface area contributed by atoms with Crippen molar-refractivity contribution in [3.8, 4) is 0 Å². The van der Waals surface area contributed by atoms with E-state index in [0.717, 1.165) is 18.8 Å². The maximum Gasteiger partial charge on any atom is 0.0798 e. The van der Waals surface area contributed by atoms with Gasteiger partial charge in [0, 0.05) is 12.3 Å². The second kappa shape index (κ2) is 11.9. The number of rotatable bonds is 12. The van der Waals surface area contributed by atoms with E-state index in [1.165, 1.54) is 29.7 Å². The lowest BCUT2D eigenvalue weighted by atomic mass is 10.2. The van der Waals surface area contributed by atoms with Gasteiger partial charge < -0.3 is 0 Å². The Bertz CT molecular complexity index is 594. The molecule has 2 nitrogen and oxygen atoms in total. The summed E-state index contributed by atoms with van der Waals surface area (Å²) in [6, 6.07) is 15.9. The third-order valence-electron chi connectivity index (χ3n) is 6.49. The van der Waals surface area contributed by atoms with E-state index in [1.54, 1.807) is 0 Å². The van der Waals surface area contributed by atoms with Gasteiger partial charge in [-0.15, -0.1) is 0 Å². The van der Waals surface area contributed by atoms with Gasteiger partial charge in [-0.2, -0.15) is 0 Å². The average molecular weight is 421 g/mol. The predicted molar refractivity (Wildman–Crippen MR) is 127 cm³/mol. The van der Waals surface area contributed by atoms with Crippen molar-refractivity contribution in [1.29, 1.82) is 0 Å². The zero-order valence-corrected chi connectivity index (χ0v) is 20.3. The van der Waals surface area contributed by atoms with E-state index < -0.39 is 16.1 Å². The van der Waals surface area contributed by atoms with Crippen LogP contribution in [-0.4, -0.2) is 38.8 Å². The van der Waals surface area contributed by atoms with Crippen LogP contribution in [0.3, 0.4) is 0 Å².